The number of rotatable bonds is 7. The standard InChI is InChI=1S/C19H34N6O3.2ClH/c1-23(13-18-22-21-14-24(18)7-10-27-2)19(26)15-3-4-16(20)12-25(11-15)17-5-8-28-9-6-17;;/h14-17H,3-13,20H2,1-2H3;2*1H/t15-,16+;;/m1../s1. The van der Waals surface area contributed by atoms with Crippen LogP contribution in [0, 0.1) is 5.92 Å². The summed E-state index contributed by atoms with van der Waals surface area (Å²) in [7, 11) is 3.52. The van der Waals surface area contributed by atoms with Gasteiger partial charge < -0.3 is 24.7 Å². The molecule has 3 heterocycles. The molecule has 0 aromatic carbocycles. The van der Waals surface area contributed by atoms with Crippen molar-refractivity contribution in [3.05, 3.63) is 12.2 Å². The highest BCUT2D eigenvalue weighted by Gasteiger charge is 2.33. The Hall–Kier alpha value is -0.970. The topological polar surface area (TPSA) is 98.7 Å². The van der Waals surface area contributed by atoms with Crippen LogP contribution in [0.4, 0.5) is 0 Å². The van der Waals surface area contributed by atoms with Crippen LogP contribution in [0.3, 0.4) is 0 Å². The normalized spacial score (nSPS) is 23.2. The molecular weight excluding hydrogens is 431 g/mol. The van der Waals surface area contributed by atoms with Gasteiger partial charge in [-0.15, -0.1) is 35.0 Å². The molecule has 1 amide bonds. The molecule has 11 heteroatoms. The zero-order valence-electron chi connectivity index (χ0n) is 17.9. The fraction of sp³-hybridized carbons (Fsp3) is 0.842. The number of carbonyl (C=O) groups is 1. The van der Waals surface area contributed by atoms with Gasteiger partial charge in [0, 0.05) is 59.1 Å². The quantitative estimate of drug-likeness (QED) is 0.638. The van der Waals surface area contributed by atoms with E-state index in [0.717, 1.165) is 57.8 Å². The van der Waals surface area contributed by atoms with Crippen LogP contribution >= 0.6 is 24.8 Å². The molecule has 2 fully saturated rings. The third-order valence-corrected chi connectivity index (χ3v) is 5.85. The molecule has 174 valence electrons. The Morgan fingerprint density at radius 2 is 2.00 bits per heavy atom. The smallest absolute Gasteiger partial charge is 0.227 e. The second-order valence-corrected chi connectivity index (χ2v) is 7.96. The summed E-state index contributed by atoms with van der Waals surface area (Å²) in [4.78, 5) is 17.4. The van der Waals surface area contributed by atoms with Gasteiger partial charge in [-0.2, -0.15) is 0 Å². The zero-order valence-corrected chi connectivity index (χ0v) is 19.6. The minimum atomic E-state index is -0.0308. The maximum atomic E-state index is 13.2. The lowest BCUT2D eigenvalue weighted by Crippen LogP contribution is -2.47. The molecule has 0 aliphatic carbocycles. The molecule has 3 rings (SSSR count). The van der Waals surface area contributed by atoms with E-state index in [1.165, 1.54) is 0 Å². The fourth-order valence-corrected chi connectivity index (χ4v) is 4.19. The van der Waals surface area contributed by atoms with E-state index in [2.05, 4.69) is 15.1 Å². The van der Waals surface area contributed by atoms with Crippen LogP contribution in [0.1, 0.15) is 31.5 Å². The molecule has 0 radical (unpaired) electrons. The molecule has 2 N–H and O–H groups in total. The van der Waals surface area contributed by atoms with Crippen LogP contribution in [-0.4, -0.2) is 89.6 Å². The van der Waals surface area contributed by atoms with Gasteiger partial charge in [0.15, 0.2) is 5.82 Å². The largest absolute Gasteiger partial charge is 0.383 e. The number of ether oxygens (including phenoxy) is 2. The van der Waals surface area contributed by atoms with Gasteiger partial charge in [-0.1, -0.05) is 0 Å². The molecule has 0 spiro atoms. The number of halogens is 2. The molecule has 1 aromatic rings. The van der Waals surface area contributed by atoms with Crippen LogP contribution in [0.25, 0.3) is 0 Å². The highest BCUT2D eigenvalue weighted by Crippen LogP contribution is 2.24. The van der Waals surface area contributed by atoms with Gasteiger partial charge in [0.25, 0.3) is 0 Å². The van der Waals surface area contributed by atoms with Gasteiger partial charge >= 0.3 is 0 Å². The lowest BCUT2D eigenvalue weighted by Gasteiger charge is -2.36. The number of likely N-dealkylation sites (tertiary alicyclic amines) is 1. The summed E-state index contributed by atoms with van der Waals surface area (Å²) in [5, 5.41) is 8.16. The predicted octanol–water partition coefficient (Wildman–Crippen LogP) is 0.945. The van der Waals surface area contributed by atoms with Crippen molar-refractivity contribution in [2.75, 3.05) is 47.1 Å². The van der Waals surface area contributed by atoms with E-state index in [1.54, 1.807) is 18.3 Å². The minimum Gasteiger partial charge on any atom is -0.383 e. The highest BCUT2D eigenvalue weighted by molar-refractivity contribution is 5.85. The Balaban J connectivity index is 0.00000225. The number of carbonyl (C=O) groups excluding carboxylic acids is 1. The summed E-state index contributed by atoms with van der Waals surface area (Å²) in [5.41, 5.74) is 6.32. The maximum absolute atomic E-state index is 13.2. The Labute approximate surface area is 191 Å². The number of nitrogens with zero attached hydrogens (tertiary/aromatic N) is 5. The molecule has 2 atom stereocenters. The number of methoxy groups -OCH3 is 1. The number of aromatic nitrogens is 3. The van der Waals surface area contributed by atoms with E-state index >= 15 is 0 Å². The van der Waals surface area contributed by atoms with Gasteiger partial charge in [0.05, 0.1) is 19.1 Å². The Kier molecular flexibility index (Phi) is 12.1. The summed E-state index contributed by atoms with van der Waals surface area (Å²) in [5.74, 6) is 0.906. The maximum Gasteiger partial charge on any atom is 0.227 e. The first-order valence-electron chi connectivity index (χ1n) is 10.3. The summed E-state index contributed by atoms with van der Waals surface area (Å²) < 4.78 is 12.6. The van der Waals surface area contributed by atoms with Gasteiger partial charge in [-0.25, -0.2) is 0 Å². The molecule has 0 unspecified atom stereocenters. The van der Waals surface area contributed by atoms with Crippen molar-refractivity contribution in [2.45, 2.75) is 50.9 Å². The van der Waals surface area contributed by atoms with Crippen LogP contribution in [0.15, 0.2) is 6.33 Å². The van der Waals surface area contributed by atoms with Crippen molar-refractivity contribution in [3.63, 3.8) is 0 Å². The van der Waals surface area contributed by atoms with E-state index in [1.807, 2.05) is 11.6 Å². The lowest BCUT2D eigenvalue weighted by molar-refractivity contribution is -0.135. The fourth-order valence-electron chi connectivity index (χ4n) is 4.19. The summed E-state index contributed by atoms with van der Waals surface area (Å²) in [6.45, 7) is 4.95. The average Bonchev–Trinajstić information content (AvgIpc) is 3.05. The number of amides is 1. The first kappa shape index (κ1) is 27.1. The van der Waals surface area contributed by atoms with Crippen molar-refractivity contribution in [1.82, 2.24) is 24.6 Å². The van der Waals surface area contributed by atoms with Crippen molar-refractivity contribution >= 4 is 30.7 Å². The predicted molar refractivity (Wildman–Crippen MR) is 119 cm³/mol. The molecule has 0 bridgehead atoms. The second kappa shape index (κ2) is 13.4. The molecule has 9 nitrogen and oxygen atoms in total. The number of nitrogens with two attached hydrogens (primary N) is 1. The van der Waals surface area contributed by atoms with E-state index in [0.29, 0.717) is 25.7 Å². The Morgan fingerprint density at radius 1 is 1.27 bits per heavy atom. The van der Waals surface area contributed by atoms with E-state index < -0.39 is 0 Å². The van der Waals surface area contributed by atoms with Crippen LogP contribution < -0.4 is 5.73 Å². The SMILES string of the molecule is COCCn1cnnc1CN(C)C(=O)[C@@H]1CC[C@H](N)CN(C2CCOCC2)C1.Cl.Cl. The lowest BCUT2D eigenvalue weighted by atomic mass is 10.00. The van der Waals surface area contributed by atoms with Crippen LogP contribution in [0.2, 0.25) is 0 Å². The second-order valence-electron chi connectivity index (χ2n) is 7.96. The first-order chi connectivity index (χ1) is 13.6. The third kappa shape index (κ3) is 7.32. The van der Waals surface area contributed by atoms with Crippen molar-refractivity contribution in [1.29, 1.82) is 0 Å². The van der Waals surface area contributed by atoms with Gasteiger partial charge in [0.2, 0.25) is 5.91 Å². The van der Waals surface area contributed by atoms with Crippen molar-refractivity contribution < 1.29 is 14.3 Å². The minimum absolute atomic E-state index is 0. The first-order valence-corrected chi connectivity index (χ1v) is 10.3. The van der Waals surface area contributed by atoms with E-state index in [-0.39, 0.29) is 42.7 Å². The van der Waals surface area contributed by atoms with Crippen molar-refractivity contribution in [3.8, 4) is 0 Å². The van der Waals surface area contributed by atoms with Gasteiger partial charge in [-0.05, 0) is 25.7 Å². The number of hydrogen-bond acceptors (Lipinski definition) is 7. The van der Waals surface area contributed by atoms with Crippen LogP contribution in [-0.2, 0) is 27.4 Å². The third-order valence-electron chi connectivity index (χ3n) is 5.85. The summed E-state index contributed by atoms with van der Waals surface area (Å²) >= 11 is 0. The molecule has 1 aromatic heterocycles. The molecule has 0 saturated carbocycles. The highest BCUT2D eigenvalue weighted by atomic mass is 35.5. The summed E-state index contributed by atoms with van der Waals surface area (Å²) in [6.07, 6.45) is 5.44. The van der Waals surface area contributed by atoms with Crippen molar-refractivity contribution in [2.24, 2.45) is 11.7 Å². The molecule has 2 saturated heterocycles. The molecular formula is C19H36Cl2N6O3. The monoisotopic (exact) mass is 466 g/mol. The van der Waals surface area contributed by atoms with E-state index in [4.69, 9.17) is 15.2 Å². The zero-order chi connectivity index (χ0) is 19.9. The number of hydrogen-bond donors (Lipinski definition) is 1. The van der Waals surface area contributed by atoms with Crippen LogP contribution in [0.5, 0.6) is 0 Å². The van der Waals surface area contributed by atoms with Gasteiger partial charge in [0.1, 0.15) is 6.33 Å². The summed E-state index contributed by atoms with van der Waals surface area (Å²) in [6, 6.07) is 0.596. The Morgan fingerprint density at radius 3 is 2.70 bits per heavy atom. The van der Waals surface area contributed by atoms with Gasteiger partial charge in [-0.3, -0.25) is 9.69 Å². The van der Waals surface area contributed by atoms with E-state index in [9.17, 15) is 4.79 Å². The molecule has 30 heavy (non-hydrogen) atoms. The Bertz CT molecular complexity index is 629. The molecule has 2 aliphatic rings. The molecule has 2 aliphatic heterocycles. The average molecular weight is 467 g/mol.